The second kappa shape index (κ2) is 7.76. The lowest BCUT2D eigenvalue weighted by Crippen LogP contribution is -2.45. The van der Waals surface area contributed by atoms with Crippen LogP contribution in [0.2, 0.25) is 0 Å². The predicted molar refractivity (Wildman–Crippen MR) is 123 cm³/mol. The fraction of sp³-hybridized carbons (Fsp3) is 0.360. The van der Waals surface area contributed by atoms with Crippen LogP contribution in [0.3, 0.4) is 0 Å². The number of fused-ring (bicyclic) bond motifs is 1. The Morgan fingerprint density at radius 2 is 1.90 bits per heavy atom. The van der Waals surface area contributed by atoms with Gasteiger partial charge in [0.1, 0.15) is 11.5 Å². The molecule has 6 nitrogen and oxygen atoms in total. The van der Waals surface area contributed by atoms with Crippen LogP contribution in [0.15, 0.2) is 54.2 Å². The van der Waals surface area contributed by atoms with Crippen molar-refractivity contribution in [1.82, 2.24) is 0 Å². The van der Waals surface area contributed by atoms with Crippen LogP contribution in [-0.2, 0) is 4.79 Å². The lowest BCUT2D eigenvalue weighted by Gasteiger charge is -2.41. The first-order chi connectivity index (χ1) is 14.7. The first-order valence-electron chi connectivity index (χ1n) is 10.5. The largest absolute Gasteiger partial charge is 0.497 e. The van der Waals surface area contributed by atoms with E-state index in [-0.39, 0.29) is 17.4 Å². The molecule has 2 aromatic carbocycles. The van der Waals surface area contributed by atoms with Crippen molar-refractivity contribution in [3.8, 4) is 5.75 Å². The second-order valence-corrected chi connectivity index (χ2v) is 9.23. The minimum atomic E-state index is -0.497. The fourth-order valence-electron chi connectivity index (χ4n) is 4.85. The third kappa shape index (κ3) is 4.02. The summed E-state index contributed by atoms with van der Waals surface area (Å²) in [6, 6.07) is 13.2. The lowest BCUT2D eigenvalue weighted by atomic mass is 9.70. The van der Waals surface area contributed by atoms with Gasteiger partial charge in [0.2, 0.25) is 0 Å². The minimum absolute atomic E-state index is 0.0354. The van der Waals surface area contributed by atoms with E-state index in [0.717, 1.165) is 29.2 Å². The summed E-state index contributed by atoms with van der Waals surface area (Å²) in [6.45, 7) is 6.34. The van der Waals surface area contributed by atoms with E-state index in [4.69, 9.17) is 10.5 Å². The number of hydrogen-bond donors (Lipinski definition) is 2. The molecule has 1 fully saturated rings. The highest BCUT2D eigenvalue weighted by atomic mass is 16.5. The Morgan fingerprint density at radius 1 is 1.19 bits per heavy atom. The molecule has 1 aliphatic carbocycles. The van der Waals surface area contributed by atoms with Crippen LogP contribution in [-0.4, -0.2) is 24.8 Å². The normalized spacial score (nSPS) is 22.0. The summed E-state index contributed by atoms with van der Waals surface area (Å²) >= 11 is 0. The van der Waals surface area contributed by atoms with Gasteiger partial charge in [0.25, 0.3) is 5.91 Å². The zero-order valence-corrected chi connectivity index (χ0v) is 18.4. The van der Waals surface area contributed by atoms with Gasteiger partial charge in [-0.25, -0.2) is 0 Å². The summed E-state index contributed by atoms with van der Waals surface area (Å²) in [6.07, 6.45) is 3.62. The average molecular weight is 420 g/mol. The molecule has 162 valence electrons. The Kier molecular flexibility index (Phi) is 5.25. The lowest BCUT2D eigenvalue weighted by molar-refractivity contribution is -0.126. The van der Waals surface area contributed by atoms with Crippen LogP contribution in [0.5, 0.6) is 5.75 Å². The molecule has 31 heavy (non-hydrogen) atoms. The van der Waals surface area contributed by atoms with Crippen LogP contribution in [0.4, 0.5) is 17.1 Å². The molecule has 2 aliphatic rings. The van der Waals surface area contributed by atoms with Crippen molar-refractivity contribution >= 4 is 28.8 Å². The molecule has 0 radical (unpaired) electrons. The van der Waals surface area contributed by atoms with Crippen molar-refractivity contribution in [2.45, 2.75) is 39.7 Å². The van der Waals surface area contributed by atoms with E-state index < -0.39 is 5.91 Å². The van der Waals surface area contributed by atoms with Gasteiger partial charge in [-0.15, -0.1) is 0 Å². The highest BCUT2D eigenvalue weighted by molar-refractivity contribution is 6.00. The van der Waals surface area contributed by atoms with Gasteiger partial charge in [0.15, 0.2) is 0 Å². The molecule has 1 heterocycles. The smallest absolute Gasteiger partial charge is 0.250 e. The van der Waals surface area contributed by atoms with Gasteiger partial charge >= 0.3 is 0 Å². The van der Waals surface area contributed by atoms with Crippen molar-refractivity contribution in [2.24, 2.45) is 17.1 Å². The van der Waals surface area contributed by atoms with E-state index in [1.165, 1.54) is 0 Å². The predicted octanol–water partition coefficient (Wildman–Crippen LogP) is 4.64. The summed E-state index contributed by atoms with van der Waals surface area (Å²) in [5.41, 5.74) is 9.46. The van der Waals surface area contributed by atoms with Gasteiger partial charge in [-0.1, -0.05) is 19.9 Å². The number of primary amides is 1. The molecule has 0 bridgehead atoms. The number of nitrogens with two attached hydrogens (primary N) is 1. The molecule has 2 atom stereocenters. The molecule has 1 amide bonds. The maximum Gasteiger partial charge on any atom is 0.250 e. The zero-order valence-electron chi connectivity index (χ0n) is 18.4. The van der Waals surface area contributed by atoms with Gasteiger partial charge in [0, 0.05) is 29.5 Å². The molecular formula is C25H29N3O3. The van der Waals surface area contributed by atoms with Crippen LogP contribution in [0, 0.1) is 11.3 Å². The number of hydrogen-bond acceptors (Lipinski definition) is 5. The topological polar surface area (TPSA) is 84.7 Å². The van der Waals surface area contributed by atoms with Crippen molar-refractivity contribution in [3.63, 3.8) is 0 Å². The number of nitrogens with one attached hydrogen (secondary N) is 1. The van der Waals surface area contributed by atoms with Crippen molar-refractivity contribution < 1.29 is 14.3 Å². The molecule has 3 N–H and O–H groups in total. The Hall–Kier alpha value is -3.28. The SMILES string of the molecule is COc1ccc(Nc2cc(N3C(C)=CC4C(=O)CC(C)(C)CC43)ccc2C(N)=O)cc1. The number of ether oxygens (including phenoxy) is 1. The number of allylic oxidation sites excluding steroid dienone is 1. The summed E-state index contributed by atoms with van der Waals surface area (Å²) < 4.78 is 5.21. The second-order valence-electron chi connectivity index (χ2n) is 9.23. The molecule has 1 saturated carbocycles. The first-order valence-corrected chi connectivity index (χ1v) is 10.5. The molecule has 0 spiro atoms. The number of rotatable bonds is 5. The van der Waals surface area contributed by atoms with Crippen LogP contribution in [0.25, 0.3) is 0 Å². The monoisotopic (exact) mass is 419 g/mol. The molecule has 4 rings (SSSR count). The number of nitrogens with zero attached hydrogens (tertiary/aromatic N) is 1. The molecule has 0 aromatic heterocycles. The molecule has 6 heteroatoms. The molecular weight excluding hydrogens is 390 g/mol. The average Bonchev–Trinajstić information content (AvgIpc) is 3.03. The zero-order chi connectivity index (χ0) is 22.3. The van der Waals surface area contributed by atoms with Gasteiger partial charge < -0.3 is 20.7 Å². The molecule has 1 aliphatic heterocycles. The van der Waals surface area contributed by atoms with E-state index in [2.05, 4.69) is 30.1 Å². The first kappa shape index (κ1) is 21.0. The maximum atomic E-state index is 12.8. The maximum absolute atomic E-state index is 12.8. The number of amides is 1. The quantitative estimate of drug-likeness (QED) is 0.738. The molecule has 2 unspecified atom stereocenters. The standard InChI is InChI=1S/C25H29N3O3/c1-15-11-20-22(13-25(2,3)14-23(20)29)28(15)17-7-10-19(24(26)30)21(12-17)27-16-5-8-18(31-4)9-6-16/h5-12,20,22,27H,13-14H2,1-4H3,(H2,26,30). The highest BCUT2D eigenvalue weighted by Crippen LogP contribution is 2.46. The number of ketones is 1. The van der Waals surface area contributed by atoms with E-state index in [9.17, 15) is 9.59 Å². The Labute approximate surface area is 183 Å². The number of benzene rings is 2. The number of methoxy groups -OCH3 is 1. The Balaban J connectivity index is 1.70. The number of anilines is 3. The number of carbonyl (C=O) groups is 2. The van der Waals surface area contributed by atoms with Crippen LogP contribution in [0.1, 0.15) is 44.0 Å². The number of Topliss-reactive ketones (excluding diaryl/α,β-unsaturated/α-hetero) is 1. The highest BCUT2D eigenvalue weighted by Gasteiger charge is 2.46. The van der Waals surface area contributed by atoms with Crippen molar-refractivity contribution in [2.75, 3.05) is 17.3 Å². The minimum Gasteiger partial charge on any atom is -0.497 e. The van der Waals surface area contributed by atoms with Crippen molar-refractivity contribution in [3.05, 3.63) is 59.8 Å². The molecule has 0 saturated heterocycles. The van der Waals surface area contributed by atoms with Gasteiger partial charge in [0.05, 0.1) is 24.3 Å². The van der Waals surface area contributed by atoms with Gasteiger partial charge in [-0.05, 0) is 61.2 Å². The van der Waals surface area contributed by atoms with Crippen LogP contribution < -0.4 is 20.7 Å². The van der Waals surface area contributed by atoms with E-state index in [1.807, 2.05) is 43.3 Å². The molecule has 2 aromatic rings. The van der Waals surface area contributed by atoms with Crippen LogP contribution >= 0.6 is 0 Å². The third-order valence-corrected chi connectivity index (χ3v) is 6.25. The van der Waals surface area contributed by atoms with E-state index in [0.29, 0.717) is 23.5 Å². The fourth-order valence-corrected chi connectivity index (χ4v) is 4.85. The Morgan fingerprint density at radius 3 is 2.55 bits per heavy atom. The Bertz CT molecular complexity index is 1060. The van der Waals surface area contributed by atoms with Gasteiger partial charge in [-0.2, -0.15) is 0 Å². The number of carbonyl (C=O) groups excluding carboxylic acids is 2. The van der Waals surface area contributed by atoms with E-state index in [1.54, 1.807) is 13.2 Å². The van der Waals surface area contributed by atoms with Gasteiger partial charge in [-0.3, -0.25) is 9.59 Å². The third-order valence-electron chi connectivity index (χ3n) is 6.25. The summed E-state index contributed by atoms with van der Waals surface area (Å²) in [5, 5.41) is 3.31. The summed E-state index contributed by atoms with van der Waals surface area (Å²) in [4.78, 5) is 27.1. The summed E-state index contributed by atoms with van der Waals surface area (Å²) in [5.74, 6) is 0.473. The van der Waals surface area contributed by atoms with E-state index >= 15 is 0 Å². The summed E-state index contributed by atoms with van der Waals surface area (Å²) in [7, 11) is 1.62. The van der Waals surface area contributed by atoms with Crippen molar-refractivity contribution in [1.29, 1.82) is 0 Å².